The van der Waals surface area contributed by atoms with Crippen LogP contribution in [0.2, 0.25) is 0 Å². The van der Waals surface area contributed by atoms with Gasteiger partial charge < -0.3 is 0 Å². The van der Waals surface area contributed by atoms with Crippen LogP contribution >= 0.6 is 0 Å². The molecule has 1 rings (SSSR count). The topological polar surface area (TPSA) is 34.1 Å². The first kappa shape index (κ1) is 17.9. The lowest BCUT2D eigenvalue weighted by molar-refractivity contribution is -0.123. The highest BCUT2D eigenvalue weighted by Crippen LogP contribution is 2.18. The second-order valence-electron chi connectivity index (χ2n) is 6.08. The first-order chi connectivity index (χ1) is 10.2. The van der Waals surface area contributed by atoms with Crippen LogP contribution in [0.3, 0.4) is 0 Å². The summed E-state index contributed by atoms with van der Waals surface area (Å²) in [7, 11) is 0. The lowest BCUT2D eigenvalue weighted by Gasteiger charge is -2.13. The number of allylic oxidation sites excluding steroid dienone is 3. The Morgan fingerprint density at radius 3 is 2.48 bits per heavy atom. The molecule has 0 saturated carbocycles. The van der Waals surface area contributed by atoms with Crippen LogP contribution in [0.4, 0.5) is 0 Å². The minimum Gasteiger partial charge on any atom is -0.300 e. The lowest BCUT2D eigenvalue weighted by atomic mass is 9.91. The third kappa shape index (κ3) is 8.64. The van der Waals surface area contributed by atoms with E-state index in [2.05, 4.69) is 18.7 Å². The van der Waals surface area contributed by atoms with Crippen molar-refractivity contribution in [2.75, 3.05) is 0 Å². The minimum absolute atomic E-state index is 0.0927. The molecular weight excluding hydrogens is 260 g/mol. The van der Waals surface area contributed by atoms with Crippen molar-refractivity contribution in [3.8, 4) is 0 Å². The fourth-order valence-corrected chi connectivity index (χ4v) is 2.87. The Labute approximate surface area is 129 Å². The first-order valence-corrected chi connectivity index (χ1v) is 8.54. The third-order valence-electron chi connectivity index (χ3n) is 4.21. The van der Waals surface area contributed by atoms with Crippen LogP contribution in [0.25, 0.3) is 0 Å². The van der Waals surface area contributed by atoms with Crippen molar-refractivity contribution in [3.63, 3.8) is 0 Å². The highest BCUT2D eigenvalue weighted by molar-refractivity contribution is 5.82. The Bertz CT molecular complexity index is 355. The molecule has 0 spiro atoms. The van der Waals surface area contributed by atoms with Gasteiger partial charge in [0.2, 0.25) is 0 Å². The van der Waals surface area contributed by atoms with Crippen molar-refractivity contribution in [2.24, 2.45) is 5.92 Å². The molecule has 0 saturated heterocycles. The van der Waals surface area contributed by atoms with E-state index < -0.39 is 0 Å². The summed E-state index contributed by atoms with van der Waals surface area (Å²) >= 11 is 0. The maximum Gasteiger partial charge on any atom is 0.136 e. The first-order valence-electron chi connectivity index (χ1n) is 8.54. The average Bonchev–Trinajstić information content (AvgIpc) is 2.46. The standard InChI is InChI=1S/C19H30O2/c1-2-12-17-13-9-7-5-3-4-6-8-10-14-18(20)15-11-16-19(17)21/h2,5,7,17H,1,3-4,6,8-16H2. The highest BCUT2D eigenvalue weighted by Gasteiger charge is 2.16. The molecule has 0 aromatic rings. The monoisotopic (exact) mass is 290 g/mol. The molecule has 118 valence electrons. The molecule has 0 aliphatic heterocycles. The summed E-state index contributed by atoms with van der Waals surface area (Å²) in [5.41, 5.74) is 0. The number of hydrogen-bond acceptors (Lipinski definition) is 2. The van der Waals surface area contributed by atoms with Gasteiger partial charge in [-0.05, 0) is 44.9 Å². The molecule has 0 aromatic carbocycles. The highest BCUT2D eigenvalue weighted by atomic mass is 16.1. The van der Waals surface area contributed by atoms with Crippen molar-refractivity contribution in [1.82, 2.24) is 0 Å². The SMILES string of the molecule is C=CCC1CCC=CCCCCCCC(=O)CCCC1=O. The maximum atomic E-state index is 12.2. The molecule has 0 N–H and O–H groups in total. The summed E-state index contributed by atoms with van der Waals surface area (Å²) in [5, 5.41) is 0. The summed E-state index contributed by atoms with van der Waals surface area (Å²) in [6, 6.07) is 0. The van der Waals surface area contributed by atoms with Crippen molar-refractivity contribution >= 4 is 11.6 Å². The second-order valence-corrected chi connectivity index (χ2v) is 6.08. The fourth-order valence-electron chi connectivity index (χ4n) is 2.87. The smallest absolute Gasteiger partial charge is 0.136 e. The van der Waals surface area contributed by atoms with Crippen molar-refractivity contribution in [1.29, 1.82) is 0 Å². The third-order valence-corrected chi connectivity index (χ3v) is 4.21. The van der Waals surface area contributed by atoms with Gasteiger partial charge in [-0.3, -0.25) is 9.59 Å². The molecule has 0 bridgehead atoms. The summed E-state index contributed by atoms with van der Waals surface area (Å²) in [6.45, 7) is 3.76. The summed E-state index contributed by atoms with van der Waals surface area (Å²) < 4.78 is 0. The Balaban J connectivity index is 2.51. The molecule has 0 heterocycles. The van der Waals surface area contributed by atoms with Gasteiger partial charge in [0.05, 0.1) is 0 Å². The predicted molar refractivity (Wildman–Crippen MR) is 88.2 cm³/mol. The van der Waals surface area contributed by atoms with Gasteiger partial charge in [-0.1, -0.05) is 31.1 Å². The van der Waals surface area contributed by atoms with E-state index in [9.17, 15) is 9.59 Å². The molecule has 2 nitrogen and oxygen atoms in total. The summed E-state index contributed by atoms with van der Waals surface area (Å²) in [4.78, 5) is 24.0. The number of carbonyl (C=O) groups is 2. The molecule has 1 unspecified atom stereocenters. The number of hydrogen-bond donors (Lipinski definition) is 0. The Kier molecular flexibility index (Phi) is 9.77. The van der Waals surface area contributed by atoms with Crippen LogP contribution in [0.1, 0.15) is 77.0 Å². The molecule has 2 heteroatoms. The Morgan fingerprint density at radius 2 is 1.67 bits per heavy atom. The van der Waals surface area contributed by atoms with Crippen molar-refractivity contribution in [2.45, 2.75) is 77.0 Å². The number of rotatable bonds is 2. The molecule has 0 fully saturated rings. The molecule has 21 heavy (non-hydrogen) atoms. The summed E-state index contributed by atoms with van der Waals surface area (Å²) in [6.07, 6.45) is 17.2. The van der Waals surface area contributed by atoms with Gasteiger partial charge in [0, 0.05) is 25.2 Å². The van der Waals surface area contributed by atoms with Crippen LogP contribution in [-0.4, -0.2) is 11.6 Å². The maximum absolute atomic E-state index is 12.2. The zero-order valence-electron chi connectivity index (χ0n) is 13.3. The number of ketones is 2. The Morgan fingerprint density at radius 1 is 0.952 bits per heavy atom. The lowest BCUT2D eigenvalue weighted by Crippen LogP contribution is -2.14. The molecule has 1 atom stereocenters. The molecular formula is C19H30O2. The zero-order valence-corrected chi connectivity index (χ0v) is 13.3. The van der Waals surface area contributed by atoms with Gasteiger partial charge in [-0.15, -0.1) is 6.58 Å². The molecule has 0 amide bonds. The molecule has 0 aromatic heterocycles. The van der Waals surface area contributed by atoms with Crippen molar-refractivity contribution < 1.29 is 9.59 Å². The number of carbonyl (C=O) groups excluding carboxylic acids is 2. The van der Waals surface area contributed by atoms with Gasteiger partial charge in [0.15, 0.2) is 0 Å². The fraction of sp³-hybridized carbons (Fsp3) is 0.684. The van der Waals surface area contributed by atoms with E-state index >= 15 is 0 Å². The number of Topliss-reactive ketones (excluding diaryl/α,β-unsaturated/α-hetero) is 2. The van der Waals surface area contributed by atoms with Crippen LogP contribution in [0, 0.1) is 5.92 Å². The van der Waals surface area contributed by atoms with Crippen LogP contribution in [-0.2, 0) is 9.59 Å². The van der Waals surface area contributed by atoms with Crippen LogP contribution in [0.15, 0.2) is 24.8 Å². The van der Waals surface area contributed by atoms with E-state index in [4.69, 9.17) is 0 Å². The minimum atomic E-state index is 0.0927. The second kappa shape index (κ2) is 11.5. The van der Waals surface area contributed by atoms with Crippen LogP contribution in [0.5, 0.6) is 0 Å². The molecule has 0 radical (unpaired) electrons. The van der Waals surface area contributed by atoms with Crippen LogP contribution < -0.4 is 0 Å². The van der Waals surface area contributed by atoms with Gasteiger partial charge in [0.25, 0.3) is 0 Å². The van der Waals surface area contributed by atoms with E-state index in [0.29, 0.717) is 30.8 Å². The van der Waals surface area contributed by atoms with Crippen molar-refractivity contribution in [3.05, 3.63) is 24.8 Å². The van der Waals surface area contributed by atoms with E-state index in [1.165, 1.54) is 12.8 Å². The van der Waals surface area contributed by atoms with Gasteiger partial charge in [-0.25, -0.2) is 0 Å². The van der Waals surface area contributed by atoms with E-state index in [1.807, 2.05) is 6.08 Å². The van der Waals surface area contributed by atoms with Gasteiger partial charge in [-0.2, -0.15) is 0 Å². The molecule has 1 aliphatic rings. The van der Waals surface area contributed by atoms with Gasteiger partial charge >= 0.3 is 0 Å². The normalized spacial score (nSPS) is 23.9. The van der Waals surface area contributed by atoms with E-state index in [0.717, 1.165) is 44.9 Å². The average molecular weight is 290 g/mol. The zero-order chi connectivity index (χ0) is 15.3. The molecule has 1 aliphatic carbocycles. The predicted octanol–water partition coefficient (Wildman–Crippen LogP) is 5.18. The van der Waals surface area contributed by atoms with Gasteiger partial charge in [0.1, 0.15) is 11.6 Å². The van der Waals surface area contributed by atoms with E-state index in [1.54, 1.807) is 0 Å². The van der Waals surface area contributed by atoms with E-state index in [-0.39, 0.29) is 5.92 Å². The quantitative estimate of drug-likeness (QED) is 0.657. The largest absolute Gasteiger partial charge is 0.300 e. The summed E-state index contributed by atoms with van der Waals surface area (Å²) in [5.74, 6) is 0.730. The Hall–Kier alpha value is -1.18.